The lowest BCUT2D eigenvalue weighted by Crippen LogP contribution is -2.35. The van der Waals surface area contributed by atoms with Gasteiger partial charge in [0.25, 0.3) is 0 Å². The van der Waals surface area contributed by atoms with Crippen molar-refractivity contribution in [2.75, 3.05) is 0 Å². The second-order valence-corrected chi connectivity index (χ2v) is 6.43. The van der Waals surface area contributed by atoms with Crippen molar-refractivity contribution >= 4 is 11.7 Å². The molecule has 0 saturated heterocycles. The summed E-state index contributed by atoms with van der Waals surface area (Å²) in [7, 11) is 0. The van der Waals surface area contributed by atoms with E-state index in [1.807, 2.05) is 0 Å². The van der Waals surface area contributed by atoms with Gasteiger partial charge in [0, 0.05) is 0 Å². The Bertz CT molecular complexity index is 527. The highest BCUT2D eigenvalue weighted by Crippen LogP contribution is 2.35. The Balaban J connectivity index is 2.07. The fourth-order valence-corrected chi connectivity index (χ4v) is 3.13. The molecular weight excluding hydrogens is 262 g/mol. The summed E-state index contributed by atoms with van der Waals surface area (Å²) in [5, 5.41) is 0. The number of rotatable bonds is 3. The average molecular weight is 285 g/mol. The van der Waals surface area contributed by atoms with Crippen molar-refractivity contribution in [1.29, 1.82) is 0 Å². The highest BCUT2D eigenvalue weighted by molar-refractivity contribution is 5.90. The fraction of sp³-hybridized carbons (Fsp3) is 0.556. The molecule has 0 spiro atoms. The van der Waals surface area contributed by atoms with E-state index in [1.54, 1.807) is 24.3 Å². The smallest absolute Gasteiger partial charge is 0.338 e. The Hall–Kier alpha value is -1.82. The first-order chi connectivity index (χ1) is 10.0. The van der Waals surface area contributed by atoms with Gasteiger partial charge in [-0.1, -0.05) is 51.5 Å². The Labute approximate surface area is 127 Å². The third-order valence-corrected chi connectivity index (χ3v) is 4.45. The predicted octanol–water partition coefficient (Wildman–Crippen LogP) is 4.85. The molecule has 3 heteroatoms. The molecular formula is C18H23NO2. The van der Waals surface area contributed by atoms with Gasteiger partial charge in [0.05, 0.1) is 12.1 Å². The lowest BCUT2D eigenvalue weighted by atomic mass is 9.75. The van der Waals surface area contributed by atoms with Crippen LogP contribution in [0.1, 0.15) is 50.4 Å². The van der Waals surface area contributed by atoms with Crippen molar-refractivity contribution in [2.24, 2.45) is 17.8 Å². The summed E-state index contributed by atoms with van der Waals surface area (Å²) < 4.78 is 5.78. The van der Waals surface area contributed by atoms with E-state index >= 15 is 0 Å². The van der Waals surface area contributed by atoms with Gasteiger partial charge in [-0.15, -0.1) is 0 Å². The number of ether oxygens (including phenoxy) is 1. The summed E-state index contributed by atoms with van der Waals surface area (Å²) in [6, 6.07) is 6.67. The Morgan fingerprint density at radius 1 is 1.29 bits per heavy atom. The SMILES string of the molecule is [C-]#[N+]c1ccc(C(=O)OC2CC(C)CCC2C(C)C)cc1. The van der Waals surface area contributed by atoms with Gasteiger partial charge in [-0.05, 0) is 30.6 Å². The molecule has 2 rings (SSSR count). The summed E-state index contributed by atoms with van der Waals surface area (Å²) >= 11 is 0. The predicted molar refractivity (Wildman–Crippen MR) is 83.3 cm³/mol. The minimum atomic E-state index is -0.267. The van der Waals surface area contributed by atoms with Crippen LogP contribution in [0.3, 0.4) is 0 Å². The lowest BCUT2D eigenvalue weighted by molar-refractivity contribution is -0.0174. The topological polar surface area (TPSA) is 30.7 Å². The zero-order valence-corrected chi connectivity index (χ0v) is 13.0. The van der Waals surface area contributed by atoms with Crippen LogP contribution < -0.4 is 0 Å². The second-order valence-electron chi connectivity index (χ2n) is 6.43. The maximum absolute atomic E-state index is 12.3. The molecule has 0 bridgehead atoms. The minimum absolute atomic E-state index is 0.0155. The van der Waals surface area contributed by atoms with Gasteiger partial charge in [-0.2, -0.15) is 0 Å². The molecule has 3 nitrogen and oxygen atoms in total. The Morgan fingerprint density at radius 3 is 2.52 bits per heavy atom. The molecule has 3 unspecified atom stereocenters. The molecule has 112 valence electrons. The highest BCUT2D eigenvalue weighted by atomic mass is 16.5. The van der Waals surface area contributed by atoms with Crippen LogP contribution >= 0.6 is 0 Å². The molecule has 1 saturated carbocycles. The number of esters is 1. The quantitative estimate of drug-likeness (QED) is 0.587. The number of nitrogens with zero attached hydrogens (tertiary/aromatic N) is 1. The lowest BCUT2D eigenvalue weighted by Gasteiger charge is -2.36. The maximum atomic E-state index is 12.3. The fourth-order valence-electron chi connectivity index (χ4n) is 3.13. The zero-order valence-electron chi connectivity index (χ0n) is 13.0. The standard InChI is InChI=1S/C18H23NO2/c1-12(2)16-10-5-13(3)11-17(16)21-18(20)14-6-8-15(19-4)9-7-14/h6-9,12-13,16-17H,5,10-11H2,1-3H3. The average Bonchev–Trinajstić information content (AvgIpc) is 2.47. The van der Waals surface area contributed by atoms with Crippen LogP contribution in [-0.4, -0.2) is 12.1 Å². The van der Waals surface area contributed by atoms with Crippen molar-refractivity contribution in [3.63, 3.8) is 0 Å². The second kappa shape index (κ2) is 6.76. The third-order valence-electron chi connectivity index (χ3n) is 4.45. The van der Waals surface area contributed by atoms with E-state index in [9.17, 15) is 4.79 Å². The van der Waals surface area contributed by atoms with Gasteiger partial charge < -0.3 is 4.74 Å². The molecule has 3 atom stereocenters. The van der Waals surface area contributed by atoms with Crippen LogP contribution in [0.25, 0.3) is 4.85 Å². The number of hydrogen-bond donors (Lipinski definition) is 0. The van der Waals surface area contributed by atoms with E-state index in [1.165, 1.54) is 6.42 Å². The molecule has 1 aliphatic rings. The van der Waals surface area contributed by atoms with Gasteiger partial charge >= 0.3 is 5.97 Å². The summed E-state index contributed by atoms with van der Waals surface area (Å²) in [4.78, 5) is 15.6. The molecule has 0 heterocycles. The van der Waals surface area contributed by atoms with E-state index in [4.69, 9.17) is 11.3 Å². The first kappa shape index (κ1) is 15.6. The molecule has 1 aromatic carbocycles. The number of carbonyl (C=O) groups excluding carboxylic acids is 1. The van der Waals surface area contributed by atoms with Gasteiger partial charge in [0.1, 0.15) is 6.10 Å². The van der Waals surface area contributed by atoms with E-state index < -0.39 is 0 Å². The summed E-state index contributed by atoms with van der Waals surface area (Å²) in [6.07, 6.45) is 3.32. The van der Waals surface area contributed by atoms with E-state index in [0.29, 0.717) is 29.0 Å². The van der Waals surface area contributed by atoms with Crippen molar-refractivity contribution in [2.45, 2.75) is 46.1 Å². The van der Waals surface area contributed by atoms with Crippen LogP contribution in [0, 0.1) is 24.3 Å². The van der Waals surface area contributed by atoms with Gasteiger partial charge in [0.2, 0.25) is 0 Å². The third kappa shape index (κ3) is 3.85. The van der Waals surface area contributed by atoms with Gasteiger partial charge in [-0.3, -0.25) is 0 Å². The van der Waals surface area contributed by atoms with E-state index in [2.05, 4.69) is 25.6 Å². The van der Waals surface area contributed by atoms with Crippen molar-refractivity contribution in [1.82, 2.24) is 0 Å². The van der Waals surface area contributed by atoms with Crippen molar-refractivity contribution in [3.05, 3.63) is 41.2 Å². The molecule has 0 amide bonds. The molecule has 0 aliphatic heterocycles. The summed E-state index contributed by atoms with van der Waals surface area (Å²) in [5.41, 5.74) is 1.07. The first-order valence-corrected chi connectivity index (χ1v) is 7.69. The van der Waals surface area contributed by atoms with Crippen LogP contribution in [0.4, 0.5) is 5.69 Å². The number of benzene rings is 1. The molecule has 0 radical (unpaired) electrons. The zero-order chi connectivity index (χ0) is 15.4. The van der Waals surface area contributed by atoms with E-state index in [0.717, 1.165) is 12.8 Å². The molecule has 21 heavy (non-hydrogen) atoms. The summed E-state index contributed by atoms with van der Waals surface area (Å²) in [5.74, 6) is 1.33. The Kier molecular flexibility index (Phi) is 5.01. The molecule has 1 fully saturated rings. The van der Waals surface area contributed by atoms with Crippen LogP contribution in [-0.2, 0) is 4.74 Å². The largest absolute Gasteiger partial charge is 0.458 e. The Morgan fingerprint density at radius 2 is 1.95 bits per heavy atom. The minimum Gasteiger partial charge on any atom is -0.458 e. The van der Waals surface area contributed by atoms with Crippen LogP contribution in [0.5, 0.6) is 0 Å². The van der Waals surface area contributed by atoms with E-state index in [-0.39, 0.29) is 12.1 Å². The van der Waals surface area contributed by atoms with Crippen LogP contribution in [0.15, 0.2) is 24.3 Å². The van der Waals surface area contributed by atoms with Crippen molar-refractivity contribution < 1.29 is 9.53 Å². The van der Waals surface area contributed by atoms with Gasteiger partial charge in [-0.25, -0.2) is 9.64 Å². The number of hydrogen-bond acceptors (Lipinski definition) is 2. The highest BCUT2D eigenvalue weighted by Gasteiger charge is 2.33. The number of carbonyl (C=O) groups is 1. The molecule has 1 aliphatic carbocycles. The van der Waals surface area contributed by atoms with Gasteiger partial charge in [0.15, 0.2) is 5.69 Å². The van der Waals surface area contributed by atoms with Crippen molar-refractivity contribution in [3.8, 4) is 0 Å². The monoisotopic (exact) mass is 285 g/mol. The molecule has 0 N–H and O–H groups in total. The first-order valence-electron chi connectivity index (χ1n) is 7.69. The molecule has 1 aromatic rings. The summed E-state index contributed by atoms with van der Waals surface area (Å²) in [6.45, 7) is 13.6. The molecule has 0 aromatic heterocycles. The van der Waals surface area contributed by atoms with Crippen LogP contribution in [0.2, 0.25) is 0 Å². The maximum Gasteiger partial charge on any atom is 0.338 e. The normalized spacial score (nSPS) is 25.4.